The fraction of sp³-hybridized carbons (Fsp3) is 0.273. The minimum absolute atomic E-state index is 0.0198. The zero-order valence-electron chi connectivity index (χ0n) is 17.3. The third kappa shape index (κ3) is 3.29. The summed E-state index contributed by atoms with van der Waals surface area (Å²) >= 11 is 0. The normalized spacial score (nSPS) is 17.2. The van der Waals surface area contributed by atoms with Crippen LogP contribution in [-0.2, 0) is 11.0 Å². The number of nitrogens with zero attached hydrogens (tertiary/aromatic N) is 4. The first-order valence-electron chi connectivity index (χ1n) is 9.88. The molecule has 1 aliphatic carbocycles. The Morgan fingerprint density at radius 3 is 2.48 bits per heavy atom. The summed E-state index contributed by atoms with van der Waals surface area (Å²) in [4.78, 5) is 31.3. The van der Waals surface area contributed by atoms with Gasteiger partial charge in [0.1, 0.15) is 23.2 Å². The number of hydrogen-bond acceptors (Lipinski definition) is 5. The first-order chi connectivity index (χ1) is 15.5. The van der Waals surface area contributed by atoms with E-state index in [1.54, 1.807) is 0 Å². The van der Waals surface area contributed by atoms with Gasteiger partial charge in [-0.1, -0.05) is 6.58 Å². The van der Waals surface area contributed by atoms with Gasteiger partial charge in [-0.05, 0) is 43.5 Å². The number of nitrogens with one attached hydrogen (secondary N) is 1. The van der Waals surface area contributed by atoms with Crippen LogP contribution >= 0.6 is 0 Å². The zero-order valence-corrected chi connectivity index (χ0v) is 17.3. The van der Waals surface area contributed by atoms with Crippen molar-refractivity contribution < 1.29 is 27.2 Å². The van der Waals surface area contributed by atoms with Crippen molar-refractivity contribution in [2.24, 2.45) is 0 Å². The standard InChI is InChI=1S/C22H17F4N5O2/c1-12-30(14-8-16(22(24,25)26)18(10-27)29-11-14)20(33)21(6-3-7-21)31(12)13-4-5-15(17(23)9-13)19(32)28-2/h4-5,8-9,11H,1,3,6-7H2,2H3,(H,28,32). The molecule has 1 saturated heterocycles. The van der Waals surface area contributed by atoms with E-state index in [-0.39, 0.29) is 22.8 Å². The molecule has 1 N–H and O–H groups in total. The van der Waals surface area contributed by atoms with Crippen molar-refractivity contribution in [3.63, 3.8) is 0 Å². The number of carbonyl (C=O) groups excluding carboxylic acids is 2. The predicted molar refractivity (Wildman–Crippen MR) is 109 cm³/mol. The second kappa shape index (κ2) is 7.58. The van der Waals surface area contributed by atoms with Crippen molar-refractivity contribution in [3.05, 3.63) is 65.5 Å². The van der Waals surface area contributed by atoms with E-state index in [1.165, 1.54) is 30.1 Å². The van der Waals surface area contributed by atoms with Gasteiger partial charge < -0.3 is 10.2 Å². The van der Waals surface area contributed by atoms with E-state index in [0.29, 0.717) is 25.3 Å². The van der Waals surface area contributed by atoms with Gasteiger partial charge in [-0.3, -0.25) is 14.5 Å². The lowest BCUT2D eigenvalue weighted by molar-refractivity contribution is -0.138. The lowest BCUT2D eigenvalue weighted by atomic mass is 9.75. The Morgan fingerprint density at radius 1 is 1.27 bits per heavy atom. The topological polar surface area (TPSA) is 89.3 Å². The van der Waals surface area contributed by atoms with Gasteiger partial charge in [-0.25, -0.2) is 9.37 Å². The highest BCUT2D eigenvalue weighted by molar-refractivity contribution is 6.11. The molecule has 33 heavy (non-hydrogen) atoms. The second-order valence-corrected chi connectivity index (χ2v) is 7.72. The highest BCUT2D eigenvalue weighted by Gasteiger charge is 2.59. The maximum absolute atomic E-state index is 14.6. The van der Waals surface area contributed by atoms with E-state index < -0.39 is 40.6 Å². The Morgan fingerprint density at radius 2 is 1.97 bits per heavy atom. The largest absolute Gasteiger partial charge is 0.419 e. The van der Waals surface area contributed by atoms with Gasteiger partial charge in [0.15, 0.2) is 5.69 Å². The number of halogens is 4. The molecule has 170 valence electrons. The van der Waals surface area contributed by atoms with Crippen LogP contribution < -0.4 is 15.1 Å². The number of nitriles is 1. The minimum atomic E-state index is -4.86. The van der Waals surface area contributed by atoms with Crippen LogP contribution in [0.1, 0.15) is 40.9 Å². The molecular formula is C22H17F4N5O2. The quantitative estimate of drug-likeness (QED) is 0.707. The molecule has 1 aromatic heterocycles. The van der Waals surface area contributed by atoms with Crippen molar-refractivity contribution in [3.8, 4) is 6.07 Å². The lowest BCUT2D eigenvalue weighted by Crippen LogP contribution is -2.54. The molecule has 2 fully saturated rings. The van der Waals surface area contributed by atoms with Crippen LogP contribution in [0.25, 0.3) is 0 Å². The van der Waals surface area contributed by atoms with E-state index in [0.717, 1.165) is 17.2 Å². The molecule has 2 amide bonds. The number of alkyl halides is 3. The summed E-state index contributed by atoms with van der Waals surface area (Å²) in [5.74, 6) is -1.95. The van der Waals surface area contributed by atoms with E-state index in [2.05, 4.69) is 16.9 Å². The Kier molecular flexibility index (Phi) is 5.11. The summed E-state index contributed by atoms with van der Waals surface area (Å²) in [6, 6.07) is 5.89. The fourth-order valence-electron chi connectivity index (χ4n) is 4.22. The average molecular weight is 459 g/mol. The molecule has 4 rings (SSSR count). The Hall–Kier alpha value is -3.94. The number of amides is 2. The van der Waals surface area contributed by atoms with Gasteiger partial charge in [-0.2, -0.15) is 18.4 Å². The molecule has 0 atom stereocenters. The van der Waals surface area contributed by atoms with E-state index >= 15 is 0 Å². The molecule has 2 aromatic rings. The van der Waals surface area contributed by atoms with Crippen LogP contribution in [-0.4, -0.2) is 29.4 Å². The van der Waals surface area contributed by atoms with E-state index in [1.807, 2.05) is 0 Å². The summed E-state index contributed by atoms with van der Waals surface area (Å²) in [7, 11) is 1.36. The van der Waals surface area contributed by atoms with E-state index in [9.17, 15) is 27.2 Å². The van der Waals surface area contributed by atoms with Crippen molar-refractivity contribution in [2.45, 2.75) is 31.0 Å². The summed E-state index contributed by atoms with van der Waals surface area (Å²) in [5.41, 5.74) is -3.38. The number of carbonyl (C=O) groups is 2. The van der Waals surface area contributed by atoms with Crippen molar-refractivity contribution in [2.75, 3.05) is 16.8 Å². The Labute approximate surface area is 185 Å². The van der Waals surface area contributed by atoms with Gasteiger partial charge in [0.25, 0.3) is 11.8 Å². The number of hydrogen-bond donors (Lipinski definition) is 1. The predicted octanol–water partition coefficient (Wildman–Crippen LogP) is 3.72. The molecule has 1 aromatic carbocycles. The molecule has 7 nitrogen and oxygen atoms in total. The highest BCUT2D eigenvalue weighted by Crippen LogP contribution is 2.50. The average Bonchev–Trinajstić information content (AvgIpc) is 2.98. The molecular weight excluding hydrogens is 442 g/mol. The fourth-order valence-corrected chi connectivity index (χ4v) is 4.22. The molecule has 0 unspecified atom stereocenters. The Bertz CT molecular complexity index is 1230. The third-order valence-electron chi connectivity index (χ3n) is 5.95. The number of anilines is 2. The maximum Gasteiger partial charge on any atom is 0.419 e. The second-order valence-electron chi connectivity index (χ2n) is 7.72. The zero-order chi connectivity index (χ0) is 24.1. The van der Waals surface area contributed by atoms with Crippen LogP contribution in [0, 0.1) is 17.1 Å². The molecule has 2 aliphatic rings. The number of rotatable bonds is 3. The van der Waals surface area contributed by atoms with Gasteiger partial charge in [0.2, 0.25) is 0 Å². The van der Waals surface area contributed by atoms with Crippen molar-refractivity contribution in [1.82, 2.24) is 10.3 Å². The van der Waals surface area contributed by atoms with Crippen LogP contribution in [0.2, 0.25) is 0 Å². The number of benzene rings is 1. The minimum Gasteiger partial charge on any atom is -0.355 e. The van der Waals surface area contributed by atoms with Gasteiger partial charge in [0, 0.05) is 12.7 Å². The molecule has 1 aliphatic heterocycles. The molecule has 1 saturated carbocycles. The molecule has 11 heteroatoms. The third-order valence-corrected chi connectivity index (χ3v) is 5.95. The first kappa shape index (κ1) is 22.3. The van der Waals surface area contributed by atoms with Crippen LogP contribution in [0.5, 0.6) is 0 Å². The molecule has 2 heterocycles. The number of aromatic nitrogens is 1. The molecule has 1 spiro atoms. The van der Waals surface area contributed by atoms with Crippen LogP contribution in [0.4, 0.5) is 28.9 Å². The first-order valence-corrected chi connectivity index (χ1v) is 9.88. The van der Waals surface area contributed by atoms with Crippen molar-refractivity contribution in [1.29, 1.82) is 5.26 Å². The molecule has 0 radical (unpaired) electrons. The molecule has 0 bridgehead atoms. The van der Waals surface area contributed by atoms with Gasteiger partial charge in [-0.15, -0.1) is 0 Å². The van der Waals surface area contributed by atoms with Gasteiger partial charge >= 0.3 is 6.18 Å². The smallest absolute Gasteiger partial charge is 0.355 e. The van der Waals surface area contributed by atoms with Crippen molar-refractivity contribution >= 4 is 23.2 Å². The maximum atomic E-state index is 14.6. The Balaban J connectivity index is 1.80. The van der Waals surface area contributed by atoms with Gasteiger partial charge in [0.05, 0.1) is 23.0 Å². The van der Waals surface area contributed by atoms with E-state index in [4.69, 9.17) is 5.26 Å². The summed E-state index contributed by atoms with van der Waals surface area (Å²) in [6.07, 6.45) is -2.40. The highest BCUT2D eigenvalue weighted by atomic mass is 19.4. The summed E-state index contributed by atoms with van der Waals surface area (Å²) in [5, 5.41) is 11.3. The van der Waals surface area contributed by atoms with Crippen LogP contribution in [0.15, 0.2) is 42.9 Å². The SMILES string of the molecule is C=C1N(c2cnc(C#N)c(C(F)(F)F)c2)C(=O)C2(CCC2)N1c1ccc(C(=O)NC)c(F)c1. The monoisotopic (exact) mass is 459 g/mol. The number of pyridine rings is 1. The summed E-state index contributed by atoms with van der Waals surface area (Å²) in [6.45, 7) is 3.89. The lowest BCUT2D eigenvalue weighted by Gasteiger charge is -2.43. The summed E-state index contributed by atoms with van der Waals surface area (Å²) < 4.78 is 55.0. The van der Waals surface area contributed by atoms with Crippen LogP contribution in [0.3, 0.4) is 0 Å².